The molecule has 8 nitrogen and oxygen atoms in total. The Kier molecular flexibility index (Phi) is 7.33. The molecule has 1 saturated heterocycles. The summed E-state index contributed by atoms with van der Waals surface area (Å²) in [6.45, 7) is 9.56. The number of thiazole rings is 1. The van der Waals surface area contributed by atoms with Gasteiger partial charge in [0, 0.05) is 30.5 Å². The highest BCUT2D eigenvalue weighted by Crippen LogP contribution is 2.37. The molecule has 3 amide bonds. The van der Waals surface area contributed by atoms with Gasteiger partial charge in [0.05, 0.1) is 23.0 Å². The predicted octanol–water partition coefficient (Wildman–Crippen LogP) is 3.23. The Bertz CT molecular complexity index is 1120. The van der Waals surface area contributed by atoms with Crippen molar-refractivity contribution in [2.75, 3.05) is 25.0 Å². The van der Waals surface area contributed by atoms with Crippen LogP contribution in [0.3, 0.4) is 0 Å². The van der Waals surface area contributed by atoms with Crippen molar-refractivity contribution in [1.82, 2.24) is 14.8 Å². The van der Waals surface area contributed by atoms with E-state index in [0.29, 0.717) is 17.2 Å². The molecule has 0 bridgehead atoms. The third kappa shape index (κ3) is 5.18. The molecule has 10 heteroatoms. The van der Waals surface area contributed by atoms with Crippen molar-refractivity contribution in [3.63, 3.8) is 0 Å². The van der Waals surface area contributed by atoms with Crippen molar-refractivity contribution in [1.29, 1.82) is 5.26 Å². The number of nitriles is 1. The summed E-state index contributed by atoms with van der Waals surface area (Å²) in [6, 6.07) is 5.23. The Labute approximate surface area is 194 Å². The third-order valence-corrected chi connectivity index (χ3v) is 7.18. The number of carbonyl (C=O) groups is 3. The molecule has 3 rings (SSSR count). The zero-order valence-electron chi connectivity index (χ0n) is 18.0. The van der Waals surface area contributed by atoms with Crippen LogP contribution in [0.5, 0.6) is 0 Å². The van der Waals surface area contributed by atoms with Gasteiger partial charge in [-0.15, -0.1) is 0 Å². The Hall–Kier alpha value is -3.16. The van der Waals surface area contributed by atoms with E-state index in [9.17, 15) is 19.6 Å². The second-order valence-corrected chi connectivity index (χ2v) is 9.70. The molecule has 1 fully saturated rings. The zero-order chi connectivity index (χ0) is 23.4. The summed E-state index contributed by atoms with van der Waals surface area (Å²) in [5.74, 6) is -0.656. The Balaban J connectivity index is 1.81. The number of aryl methyl sites for hydroxylation is 2. The molecule has 1 unspecified atom stereocenters. The van der Waals surface area contributed by atoms with Crippen LogP contribution >= 0.6 is 23.1 Å². The second-order valence-electron chi connectivity index (χ2n) is 7.33. The maximum absolute atomic E-state index is 13.3. The number of rotatable bonds is 5. The number of benzene rings is 1. The van der Waals surface area contributed by atoms with Gasteiger partial charge in [-0.25, -0.2) is 4.98 Å². The molecule has 0 spiro atoms. The van der Waals surface area contributed by atoms with E-state index < -0.39 is 6.04 Å². The first-order chi connectivity index (χ1) is 15.2. The topological polar surface area (TPSA) is 106 Å². The lowest BCUT2D eigenvalue weighted by Gasteiger charge is -2.38. The third-order valence-electron chi connectivity index (χ3n) is 5.00. The van der Waals surface area contributed by atoms with Gasteiger partial charge < -0.3 is 15.1 Å². The van der Waals surface area contributed by atoms with E-state index in [1.165, 1.54) is 41.0 Å². The van der Waals surface area contributed by atoms with E-state index >= 15 is 0 Å². The lowest BCUT2D eigenvalue weighted by Crippen LogP contribution is -2.55. The summed E-state index contributed by atoms with van der Waals surface area (Å²) in [5, 5.41) is 12.7. The molecule has 2 aromatic rings. The minimum atomic E-state index is -0.706. The molecule has 1 aromatic carbocycles. The maximum atomic E-state index is 13.3. The van der Waals surface area contributed by atoms with Gasteiger partial charge in [0.2, 0.25) is 11.8 Å². The summed E-state index contributed by atoms with van der Waals surface area (Å²) >= 11 is 2.84. The second kappa shape index (κ2) is 9.97. The summed E-state index contributed by atoms with van der Waals surface area (Å²) in [4.78, 5) is 44.7. The van der Waals surface area contributed by atoms with Crippen LogP contribution in [0, 0.1) is 25.2 Å². The van der Waals surface area contributed by atoms with Crippen LogP contribution in [0.1, 0.15) is 28.4 Å². The van der Waals surface area contributed by atoms with Crippen LogP contribution in [0.25, 0.3) is 0 Å². The largest absolute Gasteiger partial charge is 0.334 e. The fourth-order valence-electron chi connectivity index (χ4n) is 3.43. The molecule has 1 aliphatic heterocycles. The van der Waals surface area contributed by atoms with E-state index in [-0.39, 0.29) is 30.8 Å². The number of anilines is 1. The van der Waals surface area contributed by atoms with E-state index in [1.54, 1.807) is 11.1 Å². The standard InChI is InChI=1S/C22H23N5O3S2/c1-5-19(29)27-7-6-26(12-16(27)10-23)21(30)17-9-18(14(3)8-13(17)2)31-20-11-24-22(32-20)25-15(4)28/h5,8-9,11,16H,1,6-7,12H2,2-4H3,(H,24,25,28). The highest BCUT2D eigenvalue weighted by molar-refractivity contribution is 8.01. The molecule has 0 aliphatic carbocycles. The highest BCUT2D eigenvalue weighted by Gasteiger charge is 2.32. The van der Waals surface area contributed by atoms with Crippen LogP contribution in [-0.2, 0) is 9.59 Å². The van der Waals surface area contributed by atoms with E-state index in [4.69, 9.17) is 0 Å². The average molecular weight is 470 g/mol. The molecule has 166 valence electrons. The lowest BCUT2D eigenvalue weighted by molar-refractivity contribution is -0.129. The fraction of sp³-hybridized carbons (Fsp3) is 0.318. The van der Waals surface area contributed by atoms with Crippen LogP contribution < -0.4 is 5.32 Å². The van der Waals surface area contributed by atoms with Crippen LogP contribution in [0.15, 0.2) is 40.1 Å². The molecular formula is C22H23N5O3S2. The number of amides is 3. The Morgan fingerprint density at radius 3 is 2.72 bits per heavy atom. The van der Waals surface area contributed by atoms with Gasteiger partial charge in [0.15, 0.2) is 5.13 Å². The first-order valence-electron chi connectivity index (χ1n) is 9.88. The summed E-state index contributed by atoms with van der Waals surface area (Å²) in [7, 11) is 0. The number of hydrogen-bond donors (Lipinski definition) is 1. The highest BCUT2D eigenvalue weighted by atomic mass is 32.2. The molecule has 0 radical (unpaired) electrons. The van der Waals surface area contributed by atoms with Gasteiger partial charge in [0.1, 0.15) is 6.04 Å². The number of aromatic nitrogens is 1. The fourth-order valence-corrected chi connectivity index (χ4v) is 5.41. The maximum Gasteiger partial charge on any atom is 0.254 e. The van der Waals surface area contributed by atoms with Crippen LogP contribution in [0.2, 0.25) is 0 Å². The molecule has 2 heterocycles. The minimum absolute atomic E-state index is 0.152. The predicted molar refractivity (Wildman–Crippen MR) is 124 cm³/mol. The first-order valence-corrected chi connectivity index (χ1v) is 11.5. The molecule has 1 atom stereocenters. The SMILES string of the molecule is C=CC(=O)N1CCN(C(=O)c2cc(Sc3cnc(NC(C)=O)s3)c(C)cc2C)CC1C#N. The van der Waals surface area contributed by atoms with Gasteiger partial charge >= 0.3 is 0 Å². The summed E-state index contributed by atoms with van der Waals surface area (Å²) < 4.78 is 0.889. The normalized spacial score (nSPS) is 15.8. The smallest absolute Gasteiger partial charge is 0.254 e. The quantitative estimate of drug-likeness (QED) is 0.674. The zero-order valence-corrected chi connectivity index (χ0v) is 19.7. The number of nitrogens with zero attached hydrogens (tertiary/aromatic N) is 4. The molecule has 1 aliphatic rings. The number of nitrogens with one attached hydrogen (secondary N) is 1. The van der Waals surface area contributed by atoms with Gasteiger partial charge in [0.25, 0.3) is 5.91 Å². The van der Waals surface area contributed by atoms with Crippen molar-refractivity contribution in [2.24, 2.45) is 0 Å². The van der Waals surface area contributed by atoms with E-state index in [1.807, 2.05) is 26.0 Å². The Morgan fingerprint density at radius 2 is 2.06 bits per heavy atom. The molecule has 1 aromatic heterocycles. The lowest BCUT2D eigenvalue weighted by atomic mass is 10.0. The Morgan fingerprint density at radius 1 is 1.31 bits per heavy atom. The van der Waals surface area contributed by atoms with E-state index in [2.05, 4.69) is 22.9 Å². The van der Waals surface area contributed by atoms with Gasteiger partial charge in [-0.2, -0.15) is 5.26 Å². The number of carbonyl (C=O) groups excluding carboxylic acids is 3. The summed E-state index contributed by atoms with van der Waals surface area (Å²) in [5.41, 5.74) is 2.43. The van der Waals surface area contributed by atoms with Crippen molar-refractivity contribution in [3.05, 3.63) is 47.7 Å². The van der Waals surface area contributed by atoms with Crippen molar-refractivity contribution in [3.8, 4) is 6.07 Å². The molecular weight excluding hydrogens is 446 g/mol. The van der Waals surface area contributed by atoms with E-state index in [0.717, 1.165) is 20.2 Å². The monoisotopic (exact) mass is 469 g/mol. The van der Waals surface area contributed by atoms with Crippen molar-refractivity contribution < 1.29 is 14.4 Å². The number of hydrogen-bond acceptors (Lipinski definition) is 7. The molecule has 0 saturated carbocycles. The average Bonchev–Trinajstić information content (AvgIpc) is 3.20. The first kappa shape index (κ1) is 23.5. The molecule has 32 heavy (non-hydrogen) atoms. The minimum Gasteiger partial charge on any atom is -0.334 e. The molecule has 1 N–H and O–H groups in total. The summed E-state index contributed by atoms with van der Waals surface area (Å²) in [6.07, 6.45) is 2.88. The van der Waals surface area contributed by atoms with Crippen molar-refractivity contribution in [2.45, 2.75) is 35.9 Å². The number of piperazine rings is 1. The van der Waals surface area contributed by atoms with Gasteiger partial charge in [-0.1, -0.05) is 35.7 Å². The van der Waals surface area contributed by atoms with Gasteiger partial charge in [-0.3, -0.25) is 14.4 Å². The van der Waals surface area contributed by atoms with Gasteiger partial charge in [-0.05, 0) is 37.1 Å². The van der Waals surface area contributed by atoms with Crippen molar-refractivity contribution >= 4 is 46.0 Å². The van der Waals surface area contributed by atoms with Crippen LogP contribution in [-0.4, -0.2) is 58.2 Å². The van der Waals surface area contributed by atoms with Crippen LogP contribution in [0.4, 0.5) is 5.13 Å².